The first kappa shape index (κ1) is 13.0. The molecule has 0 bridgehead atoms. The van der Waals surface area contributed by atoms with Gasteiger partial charge in [0.2, 0.25) is 5.91 Å². The molecule has 0 aromatic carbocycles. The molecule has 3 atom stereocenters. The van der Waals surface area contributed by atoms with Gasteiger partial charge in [0.1, 0.15) is 6.10 Å². The van der Waals surface area contributed by atoms with E-state index >= 15 is 0 Å². The molecule has 5 heteroatoms. The van der Waals surface area contributed by atoms with Gasteiger partial charge < -0.3 is 15.2 Å². The summed E-state index contributed by atoms with van der Waals surface area (Å²) in [6.45, 7) is 4.43. The Labute approximate surface area is 95.2 Å². The van der Waals surface area contributed by atoms with Gasteiger partial charge in [0.15, 0.2) is 0 Å². The van der Waals surface area contributed by atoms with E-state index in [9.17, 15) is 9.59 Å². The molecule has 3 unspecified atom stereocenters. The van der Waals surface area contributed by atoms with E-state index in [-0.39, 0.29) is 24.3 Å². The quantitative estimate of drug-likeness (QED) is 0.730. The van der Waals surface area contributed by atoms with Crippen LogP contribution in [0.15, 0.2) is 0 Å². The van der Waals surface area contributed by atoms with Crippen molar-refractivity contribution in [1.29, 1.82) is 0 Å². The molecule has 0 saturated carbocycles. The lowest BCUT2D eigenvalue weighted by molar-refractivity contribution is -0.138. The van der Waals surface area contributed by atoms with Crippen molar-refractivity contribution < 1.29 is 19.4 Å². The number of carbonyl (C=O) groups excluding carboxylic acids is 1. The lowest BCUT2D eigenvalue weighted by Gasteiger charge is -2.19. The van der Waals surface area contributed by atoms with Crippen LogP contribution in [0.4, 0.5) is 0 Å². The van der Waals surface area contributed by atoms with Crippen LogP contribution in [0.2, 0.25) is 0 Å². The largest absolute Gasteiger partial charge is 0.481 e. The summed E-state index contributed by atoms with van der Waals surface area (Å²) in [5.74, 6) is -0.868. The summed E-state index contributed by atoms with van der Waals surface area (Å²) in [6, 6.07) is -0.304. The zero-order chi connectivity index (χ0) is 12.1. The van der Waals surface area contributed by atoms with E-state index in [1.165, 1.54) is 0 Å². The smallest absolute Gasteiger partial charge is 0.305 e. The summed E-state index contributed by atoms with van der Waals surface area (Å²) in [5.41, 5.74) is 0. The van der Waals surface area contributed by atoms with Crippen LogP contribution in [0, 0.1) is 5.92 Å². The molecule has 2 N–H and O–H groups in total. The Bertz CT molecular complexity index is 267. The number of aliphatic carboxylic acids is 1. The van der Waals surface area contributed by atoms with E-state index in [4.69, 9.17) is 9.84 Å². The predicted molar refractivity (Wildman–Crippen MR) is 58.0 cm³/mol. The maximum Gasteiger partial charge on any atom is 0.305 e. The Balaban J connectivity index is 2.45. The normalized spacial score (nSPS) is 26.4. The second-order valence-corrected chi connectivity index (χ2v) is 4.27. The Morgan fingerprint density at radius 1 is 1.56 bits per heavy atom. The van der Waals surface area contributed by atoms with Crippen LogP contribution >= 0.6 is 0 Å². The minimum Gasteiger partial charge on any atom is -0.481 e. The zero-order valence-electron chi connectivity index (χ0n) is 9.73. The molecule has 1 heterocycles. The van der Waals surface area contributed by atoms with Gasteiger partial charge in [-0.1, -0.05) is 13.8 Å². The molecule has 0 aromatic rings. The van der Waals surface area contributed by atoms with Gasteiger partial charge in [0.05, 0.1) is 6.42 Å². The van der Waals surface area contributed by atoms with Crippen molar-refractivity contribution in [2.75, 3.05) is 6.61 Å². The van der Waals surface area contributed by atoms with Crippen molar-refractivity contribution >= 4 is 11.9 Å². The average Bonchev–Trinajstić information content (AvgIpc) is 2.62. The second kappa shape index (κ2) is 5.84. The fourth-order valence-corrected chi connectivity index (χ4v) is 1.82. The Morgan fingerprint density at radius 2 is 2.25 bits per heavy atom. The molecule has 0 aliphatic carbocycles. The van der Waals surface area contributed by atoms with E-state index < -0.39 is 12.1 Å². The number of hydrogen-bond acceptors (Lipinski definition) is 3. The minimum atomic E-state index is -0.896. The standard InChI is InChI=1S/C11H19NO4/c1-3-8(6-9(13)14)12-11(15)10-7(2)4-5-16-10/h7-8,10H,3-6H2,1-2H3,(H,12,15)(H,13,14). The Hall–Kier alpha value is -1.10. The summed E-state index contributed by atoms with van der Waals surface area (Å²) < 4.78 is 5.32. The number of carboxylic acids is 1. The van der Waals surface area contributed by atoms with Crippen molar-refractivity contribution in [2.45, 2.75) is 45.3 Å². The lowest BCUT2D eigenvalue weighted by Crippen LogP contribution is -2.43. The fraction of sp³-hybridized carbons (Fsp3) is 0.818. The van der Waals surface area contributed by atoms with Gasteiger partial charge >= 0.3 is 5.97 Å². The summed E-state index contributed by atoms with van der Waals surface area (Å²) in [5, 5.41) is 11.4. The Kier molecular flexibility index (Phi) is 4.73. The third-order valence-corrected chi connectivity index (χ3v) is 2.91. The first-order chi connectivity index (χ1) is 7.54. The highest BCUT2D eigenvalue weighted by atomic mass is 16.5. The van der Waals surface area contributed by atoms with Gasteiger partial charge in [-0.25, -0.2) is 0 Å². The maximum absolute atomic E-state index is 11.8. The topological polar surface area (TPSA) is 75.6 Å². The molecular formula is C11H19NO4. The number of nitrogens with one attached hydrogen (secondary N) is 1. The minimum absolute atomic E-state index is 0.0384. The van der Waals surface area contributed by atoms with E-state index in [2.05, 4.69) is 5.32 Å². The number of carboxylic acid groups (broad SMARTS) is 1. The van der Waals surface area contributed by atoms with Gasteiger partial charge in [0.25, 0.3) is 0 Å². The van der Waals surface area contributed by atoms with Crippen molar-refractivity contribution in [3.8, 4) is 0 Å². The van der Waals surface area contributed by atoms with Gasteiger partial charge in [-0.05, 0) is 18.8 Å². The summed E-state index contributed by atoms with van der Waals surface area (Å²) >= 11 is 0. The van der Waals surface area contributed by atoms with Crippen LogP contribution in [0.3, 0.4) is 0 Å². The third kappa shape index (κ3) is 3.48. The van der Waals surface area contributed by atoms with Crippen molar-refractivity contribution in [3.63, 3.8) is 0 Å². The first-order valence-electron chi connectivity index (χ1n) is 5.68. The number of hydrogen-bond donors (Lipinski definition) is 2. The van der Waals surface area contributed by atoms with Crippen LogP contribution in [-0.2, 0) is 14.3 Å². The zero-order valence-corrected chi connectivity index (χ0v) is 9.73. The van der Waals surface area contributed by atoms with Crippen molar-refractivity contribution in [3.05, 3.63) is 0 Å². The van der Waals surface area contributed by atoms with Crippen molar-refractivity contribution in [1.82, 2.24) is 5.32 Å². The molecule has 0 radical (unpaired) electrons. The third-order valence-electron chi connectivity index (χ3n) is 2.91. The monoisotopic (exact) mass is 229 g/mol. The van der Waals surface area contributed by atoms with Gasteiger partial charge in [-0.3, -0.25) is 9.59 Å². The maximum atomic E-state index is 11.8. The van der Waals surface area contributed by atoms with E-state index in [0.717, 1.165) is 6.42 Å². The Morgan fingerprint density at radius 3 is 2.69 bits per heavy atom. The summed E-state index contributed by atoms with van der Waals surface area (Å²) in [6.07, 6.45) is 1.04. The molecule has 1 fully saturated rings. The molecule has 1 rings (SSSR count). The highest BCUT2D eigenvalue weighted by Gasteiger charge is 2.31. The second-order valence-electron chi connectivity index (χ2n) is 4.27. The summed E-state index contributed by atoms with van der Waals surface area (Å²) in [4.78, 5) is 22.3. The average molecular weight is 229 g/mol. The highest BCUT2D eigenvalue weighted by molar-refractivity contribution is 5.82. The fourth-order valence-electron chi connectivity index (χ4n) is 1.82. The summed E-state index contributed by atoms with van der Waals surface area (Å²) in [7, 11) is 0. The van der Waals surface area contributed by atoms with Crippen LogP contribution in [0.1, 0.15) is 33.1 Å². The number of ether oxygens (including phenoxy) is 1. The van der Waals surface area contributed by atoms with Crippen LogP contribution in [-0.4, -0.2) is 35.7 Å². The SMILES string of the molecule is CCC(CC(=O)O)NC(=O)C1OCCC1C. The number of amides is 1. The molecule has 5 nitrogen and oxygen atoms in total. The number of carbonyl (C=O) groups is 2. The van der Waals surface area contributed by atoms with E-state index in [1.807, 2.05) is 13.8 Å². The molecule has 1 amide bonds. The van der Waals surface area contributed by atoms with Gasteiger partial charge in [-0.2, -0.15) is 0 Å². The number of rotatable bonds is 5. The predicted octanol–water partition coefficient (Wildman–Crippen LogP) is 0.781. The molecule has 1 saturated heterocycles. The first-order valence-corrected chi connectivity index (χ1v) is 5.68. The molecule has 0 aromatic heterocycles. The highest BCUT2D eigenvalue weighted by Crippen LogP contribution is 2.20. The molecule has 1 aliphatic rings. The van der Waals surface area contributed by atoms with Crippen LogP contribution in [0.5, 0.6) is 0 Å². The van der Waals surface area contributed by atoms with Crippen molar-refractivity contribution in [2.24, 2.45) is 5.92 Å². The van der Waals surface area contributed by atoms with Gasteiger partial charge in [0, 0.05) is 12.6 Å². The van der Waals surface area contributed by atoms with E-state index in [0.29, 0.717) is 13.0 Å². The van der Waals surface area contributed by atoms with Gasteiger partial charge in [-0.15, -0.1) is 0 Å². The molecule has 92 valence electrons. The van der Waals surface area contributed by atoms with Crippen LogP contribution < -0.4 is 5.32 Å². The molecule has 0 spiro atoms. The molecule has 16 heavy (non-hydrogen) atoms. The molecule has 1 aliphatic heterocycles. The lowest BCUT2D eigenvalue weighted by atomic mass is 10.0. The molecular weight excluding hydrogens is 210 g/mol. The van der Waals surface area contributed by atoms with Crippen LogP contribution in [0.25, 0.3) is 0 Å². The van der Waals surface area contributed by atoms with E-state index in [1.54, 1.807) is 0 Å².